The number of Topliss-reactive ketones (excluding diaryl/α,β-unsaturated/α-hetero) is 2. The summed E-state index contributed by atoms with van der Waals surface area (Å²) in [7, 11) is 0. The van der Waals surface area contributed by atoms with Gasteiger partial charge in [0, 0.05) is 41.4 Å². The van der Waals surface area contributed by atoms with E-state index in [1.54, 1.807) is 26.0 Å². The normalized spacial score (nSPS) is 17.6. The van der Waals surface area contributed by atoms with E-state index in [2.05, 4.69) is 26.2 Å². The molecule has 0 aliphatic heterocycles. The quantitative estimate of drug-likeness (QED) is 0.427. The van der Waals surface area contributed by atoms with Crippen molar-refractivity contribution in [3.8, 4) is 11.3 Å². The summed E-state index contributed by atoms with van der Waals surface area (Å²) >= 11 is 3.36. The first kappa shape index (κ1) is 24.9. The van der Waals surface area contributed by atoms with Crippen LogP contribution in [-0.4, -0.2) is 22.5 Å². The van der Waals surface area contributed by atoms with Crippen molar-refractivity contribution in [1.82, 2.24) is 10.3 Å². The molecule has 5 nitrogen and oxygen atoms in total. The van der Waals surface area contributed by atoms with Gasteiger partial charge in [-0.05, 0) is 60.4 Å². The first-order valence-electron chi connectivity index (χ1n) is 11.1. The largest absolute Gasteiger partial charge is 0.352 e. The number of carbonyl (C=O) groups excluding carboxylic acids is 3. The number of ketones is 2. The fourth-order valence-electron chi connectivity index (χ4n) is 4.62. The van der Waals surface area contributed by atoms with E-state index in [1.807, 2.05) is 24.3 Å². The van der Waals surface area contributed by atoms with Crippen LogP contribution in [0.5, 0.6) is 0 Å². The van der Waals surface area contributed by atoms with Gasteiger partial charge in [-0.2, -0.15) is 0 Å². The van der Waals surface area contributed by atoms with Crippen molar-refractivity contribution in [3.63, 3.8) is 0 Å². The highest BCUT2D eigenvalue weighted by molar-refractivity contribution is 9.10. The summed E-state index contributed by atoms with van der Waals surface area (Å²) in [4.78, 5) is 42.4. The van der Waals surface area contributed by atoms with E-state index in [4.69, 9.17) is 0 Å². The third-order valence-corrected chi connectivity index (χ3v) is 6.78. The van der Waals surface area contributed by atoms with E-state index >= 15 is 0 Å². The van der Waals surface area contributed by atoms with Gasteiger partial charge in [0.15, 0.2) is 11.6 Å². The predicted molar refractivity (Wildman–Crippen MR) is 131 cm³/mol. The number of nitrogens with zero attached hydrogens (tertiary/aromatic N) is 1. The van der Waals surface area contributed by atoms with Crippen LogP contribution in [0, 0.1) is 31.4 Å². The van der Waals surface area contributed by atoms with Crippen LogP contribution in [0.15, 0.2) is 53.1 Å². The summed E-state index contributed by atoms with van der Waals surface area (Å²) in [5, 5.41) is 2.81. The summed E-state index contributed by atoms with van der Waals surface area (Å²) in [6.45, 7) is 3.82. The summed E-state index contributed by atoms with van der Waals surface area (Å²) < 4.78 is 28.4. The van der Waals surface area contributed by atoms with E-state index in [0.29, 0.717) is 28.8 Å². The Bertz CT molecular complexity index is 1300. The number of aromatic nitrogens is 1. The van der Waals surface area contributed by atoms with Crippen LogP contribution < -0.4 is 5.32 Å². The Hall–Kier alpha value is -3.26. The zero-order valence-electron chi connectivity index (χ0n) is 19.2. The molecule has 1 amide bonds. The van der Waals surface area contributed by atoms with Crippen LogP contribution in [-0.2, 0) is 20.9 Å². The van der Waals surface area contributed by atoms with Crippen molar-refractivity contribution in [3.05, 3.63) is 87.0 Å². The summed E-state index contributed by atoms with van der Waals surface area (Å²) in [5.74, 6) is -4.01. The van der Waals surface area contributed by atoms with Gasteiger partial charge < -0.3 is 5.32 Å². The number of benzene rings is 2. The first-order valence-corrected chi connectivity index (χ1v) is 11.9. The second kappa shape index (κ2) is 10.2. The Kier molecular flexibility index (Phi) is 7.21. The SMILES string of the molecule is Cc1cc(-c2ncc(F)cc2F)cc(C)c1C1C(=O)CC(CC(=O)NCc2ccc(Br)cc2)C1=O. The lowest BCUT2D eigenvalue weighted by Gasteiger charge is -2.17. The van der Waals surface area contributed by atoms with Crippen molar-refractivity contribution >= 4 is 33.4 Å². The summed E-state index contributed by atoms with van der Waals surface area (Å²) in [5.41, 5.74) is 3.20. The first-order chi connectivity index (χ1) is 16.6. The molecule has 1 aromatic heterocycles. The number of aryl methyl sites for hydroxylation is 2. The summed E-state index contributed by atoms with van der Waals surface area (Å²) in [6.07, 6.45) is 0.885. The molecule has 1 aliphatic carbocycles. The van der Waals surface area contributed by atoms with Gasteiger partial charge in [0.2, 0.25) is 5.91 Å². The Morgan fingerprint density at radius 2 is 1.74 bits per heavy atom. The lowest BCUT2D eigenvalue weighted by atomic mass is 9.85. The molecule has 1 fully saturated rings. The van der Waals surface area contributed by atoms with Crippen molar-refractivity contribution in [2.24, 2.45) is 5.92 Å². The molecular weight excluding hydrogens is 518 g/mol. The van der Waals surface area contributed by atoms with E-state index in [1.165, 1.54) is 0 Å². The van der Waals surface area contributed by atoms with Gasteiger partial charge in [-0.3, -0.25) is 19.4 Å². The van der Waals surface area contributed by atoms with E-state index in [-0.39, 0.29) is 36.0 Å². The fraction of sp³-hybridized carbons (Fsp3) is 0.259. The molecule has 3 aromatic rings. The number of nitrogens with one attached hydrogen (secondary N) is 1. The Labute approximate surface area is 210 Å². The molecule has 1 heterocycles. The molecule has 0 radical (unpaired) electrons. The highest BCUT2D eigenvalue weighted by Crippen LogP contribution is 2.38. The van der Waals surface area contributed by atoms with Crippen LogP contribution in [0.2, 0.25) is 0 Å². The Balaban J connectivity index is 1.49. The molecule has 4 rings (SSSR count). The van der Waals surface area contributed by atoms with Gasteiger partial charge >= 0.3 is 0 Å². The minimum Gasteiger partial charge on any atom is -0.352 e. The van der Waals surface area contributed by atoms with Crippen molar-refractivity contribution < 1.29 is 23.2 Å². The van der Waals surface area contributed by atoms with Gasteiger partial charge in [0.1, 0.15) is 23.2 Å². The molecule has 2 atom stereocenters. The number of rotatable bonds is 6. The van der Waals surface area contributed by atoms with Gasteiger partial charge in [0.05, 0.1) is 6.20 Å². The molecule has 2 unspecified atom stereocenters. The molecule has 2 aromatic carbocycles. The molecule has 1 aliphatic rings. The van der Waals surface area contributed by atoms with Crippen LogP contribution in [0.1, 0.15) is 41.0 Å². The molecule has 8 heteroatoms. The highest BCUT2D eigenvalue weighted by Gasteiger charge is 2.43. The van der Waals surface area contributed by atoms with Crippen LogP contribution >= 0.6 is 15.9 Å². The zero-order chi connectivity index (χ0) is 25.3. The monoisotopic (exact) mass is 540 g/mol. The standard InChI is InChI=1S/C27H23BrF2N2O3/c1-14-7-17(26-21(30)11-20(29)13-32-26)8-15(2)24(14)25-22(33)9-18(27(25)35)10-23(34)31-12-16-3-5-19(28)6-4-16/h3-8,11,13,18,25H,9-10,12H2,1-2H3,(H,31,34). The van der Waals surface area contributed by atoms with Crippen molar-refractivity contribution in [1.29, 1.82) is 0 Å². The van der Waals surface area contributed by atoms with E-state index in [0.717, 1.165) is 22.3 Å². The third-order valence-electron chi connectivity index (χ3n) is 6.25. The molecule has 35 heavy (non-hydrogen) atoms. The lowest BCUT2D eigenvalue weighted by molar-refractivity contribution is -0.128. The number of pyridine rings is 1. The number of hydrogen-bond donors (Lipinski definition) is 1. The Morgan fingerprint density at radius 3 is 2.37 bits per heavy atom. The zero-order valence-corrected chi connectivity index (χ0v) is 20.8. The maximum Gasteiger partial charge on any atom is 0.221 e. The van der Waals surface area contributed by atoms with Crippen molar-refractivity contribution in [2.75, 3.05) is 0 Å². The van der Waals surface area contributed by atoms with E-state index in [9.17, 15) is 23.2 Å². The molecule has 1 N–H and O–H groups in total. The minimum absolute atomic E-state index is 0.00395. The molecular formula is C27H23BrF2N2O3. The average molecular weight is 541 g/mol. The maximum atomic E-state index is 14.2. The van der Waals surface area contributed by atoms with Crippen LogP contribution in [0.3, 0.4) is 0 Å². The maximum absolute atomic E-state index is 14.2. The van der Waals surface area contributed by atoms with E-state index < -0.39 is 23.5 Å². The minimum atomic E-state index is -0.959. The number of halogens is 3. The second-order valence-corrected chi connectivity index (χ2v) is 9.73. The topological polar surface area (TPSA) is 76.1 Å². The third kappa shape index (κ3) is 5.37. The predicted octanol–water partition coefficient (Wildman–Crippen LogP) is 5.35. The van der Waals surface area contributed by atoms with Crippen molar-refractivity contribution in [2.45, 2.75) is 39.2 Å². The lowest BCUT2D eigenvalue weighted by Crippen LogP contribution is -2.27. The molecule has 0 spiro atoms. The molecule has 180 valence electrons. The second-order valence-electron chi connectivity index (χ2n) is 8.82. The van der Waals surface area contributed by atoms with Gasteiger partial charge in [-0.1, -0.05) is 28.1 Å². The average Bonchev–Trinajstić information content (AvgIpc) is 3.06. The highest BCUT2D eigenvalue weighted by atomic mass is 79.9. The van der Waals surface area contributed by atoms with Crippen LogP contribution in [0.4, 0.5) is 8.78 Å². The molecule has 0 saturated heterocycles. The molecule has 0 bridgehead atoms. The molecule has 1 saturated carbocycles. The smallest absolute Gasteiger partial charge is 0.221 e. The fourth-order valence-corrected chi connectivity index (χ4v) is 4.89. The van der Waals surface area contributed by atoms with Gasteiger partial charge in [-0.25, -0.2) is 8.78 Å². The van der Waals surface area contributed by atoms with Gasteiger partial charge in [0.25, 0.3) is 0 Å². The Morgan fingerprint density at radius 1 is 1.09 bits per heavy atom. The van der Waals surface area contributed by atoms with Crippen LogP contribution in [0.25, 0.3) is 11.3 Å². The number of amides is 1. The number of carbonyl (C=O) groups is 3. The summed E-state index contributed by atoms with van der Waals surface area (Å²) in [6, 6.07) is 11.6. The number of hydrogen-bond acceptors (Lipinski definition) is 4. The van der Waals surface area contributed by atoms with Gasteiger partial charge in [-0.15, -0.1) is 0 Å².